The van der Waals surface area contributed by atoms with E-state index >= 15 is 0 Å². The Hall–Kier alpha value is -1.52. The lowest BCUT2D eigenvalue weighted by atomic mass is 9.98. The molecule has 0 bridgehead atoms. The number of hydrogen-bond donors (Lipinski definition) is 1. The van der Waals surface area contributed by atoms with E-state index in [9.17, 15) is 13.2 Å². The second-order valence-corrected chi connectivity index (χ2v) is 5.24. The summed E-state index contributed by atoms with van der Waals surface area (Å²) in [6, 6.07) is 7.72. The summed E-state index contributed by atoms with van der Waals surface area (Å²) < 4.78 is 40.4. The Labute approximate surface area is 126 Å². The van der Waals surface area contributed by atoms with Gasteiger partial charge in [-0.1, -0.05) is 23.7 Å². The van der Waals surface area contributed by atoms with Crippen molar-refractivity contribution in [2.45, 2.75) is 18.9 Å². The molecule has 0 fully saturated rings. The van der Waals surface area contributed by atoms with E-state index in [-0.39, 0.29) is 18.0 Å². The van der Waals surface area contributed by atoms with Crippen molar-refractivity contribution in [3.63, 3.8) is 0 Å². The van der Waals surface area contributed by atoms with Crippen LogP contribution in [0.1, 0.15) is 11.1 Å². The smallest absolute Gasteiger partial charge is 0.129 e. The Bertz CT molecular complexity index is 611. The highest BCUT2D eigenvalue weighted by Gasteiger charge is 2.16. The fraction of sp³-hybridized carbons (Fsp3) is 0.250. The summed E-state index contributed by atoms with van der Waals surface area (Å²) in [7, 11) is 1.71. The van der Waals surface area contributed by atoms with E-state index in [0.717, 1.165) is 5.56 Å². The second kappa shape index (κ2) is 6.96. The summed E-state index contributed by atoms with van der Waals surface area (Å²) in [6.07, 6.45) is 0.631. The minimum absolute atomic E-state index is 0.0371. The molecule has 0 aliphatic carbocycles. The van der Waals surface area contributed by atoms with Crippen LogP contribution in [0.4, 0.5) is 13.2 Å². The Kier molecular flexibility index (Phi) is 5.26. The van der Waals surface area contributed by atoms with Gasteiger partial charge in [-0.3, -0.25) is 0 Å². The third-order valence-electron chi connectivity index (χ3n) is 3.40. The number of halogens is 4. The molecule has 0 aromatic heterocycles. The van der Waals surface area contributed by atoms with E-state index < -0.39 is 17.5 Å². The quantitative estimate of drug-likeness (QED) is 0.875. The fourth-order valence-corrected chi connectivity index (χ4v) is 2.45. The molecule has 0 aliphatic rings. The molecule has 0 radical (unpaired) electrons. The van der Waals surface area contributed by atoms with Crippen LogP contribution in [0.25, 0.3) is 0 Å². The van der Waals surface area contributed by atoms with Crippen LogP contribution in [0.15, 0.2) is 36.4 Å². The standard InChI is InChI=1S/C16H15ClF3N/c1-21-12(7-10-5-6-11(18)8-14(10)17)9-13-15(19)3-2-4-16(13)20/h2-6,8,12,21H,7,9H2,1H3. The summed E-state index contributed by atoms with van der Waals surface area (Å²) in [4.78, 5) is 0. The molecule has 0 saturated heterocycles. The van der Waals surface area contributed by atoms with Crippen molar-refractivity contribution in [3.05, 3.63) is 70.0 Å². The lowest BCUT2D eigenvalue weighted by Gasteiger charge is -2.18. The van der Waals surface area contributed by atoms with Crippen molar-refractivity contribution < 1.29 is 13.2 Å². The van der Waals surface area contributed by atoms with E-state index in [0.29, 0.717) is 11.4 Å². The zero-order chi connectivity index (χ0) is 15.4. The number of likely N-dealkylation sites (N-methyl/N-ethyl adjacent to an activating group) is 1. The van der Waals surface area contributed by atoms with E-state index in [2.05, 4.69) is 5.32 Å². The van der Waals surface area contributed by atoms with Crippen LogP contribution in [0.2, 0.25) is 5.02 Å². The van der Waals surface area contributed by atoms with Gasteiger partial charge < -0.3 is 5.32 Å². The highest BCUT2D eigenvalue weighted by molar-refractivity contribution is 6.31. The van der Waals surface area contributed by atoms with Crippen molar-refractivity contribution in [2.24, 2.45) is 0 Å². The average Bonchev–Trinajstić information content (AvgIpc) is 2.44. The third-order valence-corrected chi connectivity index (χ3v) is 3.75. The minimum Gasteiger partial charge on any atom is -0.316 e. The molecule has 0 saturated carbocycles. The molecule has 1 nitrogen and oxygen atoms in total. The molecule has 1 unspecified atom stereocenters. The van der Waals surface area contributed by atoms with Crippen LogP contribution >= 0.6 is 11.6 Å². The molecule has 5 heteroatoms. The molecular weight excluding hydrogens is 299 g/mol. The zero-order valence-corrected chi connectivity index (χ0v) is 12.2. The first-order valence-corrected chi connectivity index (χ1v) is 6.93. The van der Waals surface area contributed by atoms with Gasteiger partial charge in [-0.05, 0) is 49.7 Å². The Morgan fingerprint density at radius 3 is 2.29 bits per heavy atom. The van der Waals surface area contributed by atoms with Crippen molar-refractivity contribution in [1.82, 2.24) is 5.32 Å². The summed E-state index contributed by atoms with van der Waals surface area (Å²) in [5.41, 5.74) is 0.768. The van der Waals surface area contributed by atoms with Gasteiger partial charge in [0.2, 0.25) is 0 Å². The molecular formula is C16H15ClF3N. The normalized spacial score (nSPS) is 12.4. The molecule has 0 heterocycles. The first-order chi connectivity index (χ1) is 10.0. The molecule has 1 atom stereocenters. The fourth-order valence-electron chi connectivity index (χ4n) is 2.20. The topological polar surface area (TPSA) is 12.0 Å². The molecule has 2 rings (SSSR count). The monoisotopic (exact) mass is 313 g/mol. The largest absolute Gasteiger partial charge is 0.316 e. The maximum absolute atomic E-state index is 13.7. The summed E-state index contributed by atoms with van der Waals surface area (Å²) in [5.74, 6) is -1.55. The van der Waals surface area contributed by atoms with Gasteiger partial charge in [0.25, 0.3) is 0 Å². The van der Waals surface area contributed by atoms with Crippen LogP contribution in [0, 0.1) is 17.5 Å². The average molecular weight is 314 g/mol. The maximum Gasteiger partial charge on any atom is 0.129 e. The highest BCUT2D eigenvalue weighted by atomic mass is 35.5. The van der Waals surface area contributed by atoms with Crippen molar-refractivity contribution >= 4 is 11.6 Å². The number of benzene rings is 2. The number of rotatable bonds is 5. The van der Waals surface area contributed by atoms with Crippen molar-refractivity contribution in [2.75, 3.05) is 7.05 Å². The van der Waals surface area contributed by atoms with Crippen LogP contribution in [-0.2, 0) is 12.8 Å². The van der Waals surface area contributed by atoms with E-state index in [4.69, 9.17) is 11.6 Å². The van der Waals surface area contributed by atoms with Crippen molar-refractivity contribution in [1.29, 1.82) is 0 Å². The van der Waals surface area contributed by atoms with Gasteiger partial charge in [-0.25, -0.2) is 13.2 Å². The summed E-state index contributed by atoms with van der Waals surface area (Å²) in [5, 5.41) is 3.32. The van der Waals surface area contributed by atoms with E-state index in [1.165, 1.54) is 30.3 Å². The Balaban J connectivity index is 2.17. The highest BCUT2D eigenvalue weighted by Crippen LogP contribution is 2.21. The minimum atomic E-state index is -0.569. The van der Waals surface area contributed by atoms with Gasteiger partial charge in [-0.15, -0.1) is 0 Å². The first kappa shape index (κ1) is 15.9. The van der Waals surface area contributed by atoms with E-state index in [1.54, 1.807) is 13.1 Å². The third kappa shape index (κ3) is 3.99. The van der Waals surface area contributed by atoms with Crippen molar-refractivity contribution in [3.8, 4) is 0 Å². The first-order valence-electron chi connectivity index (χ1n) is 6.55. The van der Waals surface area contributed by atoms with Gasteiger partial charge in [0.1, 0.15) is 17.5 Å². The predicted octanol–water partition coefficient (Wildman–Crippen LogP) is 4.13. The lowest BCUT2D eigenvalue weighted by Crippen LogP contribution is -2.30. The molecule has 21 heavy (non-hydrogen) atoms. The van der Waals surface area contributed by atoms with E-state index in [1.807, 2.05) is 0 Å². The molecule has 1 N–H and O–H groups in total. The zero-order valence-electron chi connectivity index (χ0n) is 11.5. The van der Waals surface area contributed by atoms with Gasteiger partial charge in [0, 0.05) is 16.6 Å². The number of hydrogen-bond acceptors (Lipinski definition) is 1. The van der Waals surface area contributed by atoms with Crippen LogP contribution in [0.5, 0.6) is 0 Å². The van der Waals surface area contributed by atoms with Gasteiger partial charge in [-0.2, -0.15) is 0 Å². The second-order valence-electron chi connectivity index (χ2n) is 4.83. The SMILES string of the molecule is CNC(Cc1ccc(F)cc1Cl)Cc1c(F)cccc1F. The molecule has 2 aromatic carbocycles. The molecule has 0 aliphatic heterocycles. The molecule has 0 spiro atoms. The van der Waals surface area contributed by atoms with Crippen LogP contribution < -0.4 is 5.32 Å². The van der Waals surface area contributed by atoms with Crippen LogP contribution in [0.3, 0.4) is 0 Å². The molecule has 112 valence electrons. The Morgan fingerprint density at radius 1 is 1.05 bits per heavy atom. The lowest BCUT2D eigenvalue weighted by molar-refractivity contribution is 0.501. The van der Waals surface area contributed by atoms with Gasteiger partial charge in [0.15, 0.2) is 0 Å². The molecule has 2 aromatic rings. The summed E-state index contributed by atoms with van der Waals surface area (Å²) >= 11 is 5.98. The number of nitrogens with one attached hydrogen (secondary N) is 1. The van der Waals surface area contributed by atoms with Gasteiger partial charge in [0.05, 0.1) is 0 Å². The Morgan fingerprint density at radius 2 is 1.71 bits per heavy atom. The maximum atomic E-state index is 13.7. The van der Waals surface area contributed by atoms with Gasteiger partial charge >= 0.3 is 0 Å². The van der Waals surface area contributed by atoms with Crippen LogP contribution in [-0.4, -0.2) is 13.1 Å². The summed E-state index contributed by atoms with van der Waals surface area (Å²) in [6.45, 7) is 0. The predicted molar refractivity (Wildman–Crippen MR) is 78.0 cm³/mol. The molecule has 0 amide bonds.